The summed E-state index contributed by atoms with van der Waals surface area (Å²) < 4.78 is 5.99. The third-order valence-electron chi connectivity index (χ3n) is 4.97. The van der Waals surface area contributed by atoms with Crippen LogP contribution in [0, 0.1) is 0 Å². The quantitative estimate of drug-likeness (QED) is 0.705. The lowest BCUT2D eigenvalue weighted by atomic mass is 9.94. The minimum absolute atomic E-state index is 0.152. The molecule has 0 radical (unpaired) electrons. The molecule has 3 nitrogen and oxygen atoms in total. The van der Waals surface area contributed by atoms with Gasteiger partial charge in [-0.25, -0.2) is 9.78 Å². The van der Waals surface area contributed by atoms with Crippen molar-refractivity contribution in [3.05, 3.63) is 66.2 Å². The second-order valence-corrected chi connectivity index (χ2v) is 6.85. The fourth-order valence-corrected chi connectivity index (χ4v) is 3.48. The van der Waals surface area contributed by atoms with Gasteiger partial charge in [-0.2, -0.15) is 0 Å². The Morgan fingerprint density at radius 3 is 2.24 bits per heavy atom. The number of rotatable bonds is 3. The first-order chi connectivity index (χ1) is 12.3. The van der Waals surface area contributed by atoms with Crippen LogP contribution in [-0.4, -0.2) is 18.5 Å². The summed E-state index contributed by atoms with van der Waals surface area (Å²) in [7, 11) is 0. The molecule has 1 aliphatic heterocycles. The Labute approximate surface area is 149 Å². The third-order valence-corrected chi connectivity index (χ3v) is 4.97. The smallest absolute Gasteiger partial charge is 0.201 e. The molecule has 2 fully saturated rings. The van der Waals surface area contributed by atoms with E-state index in [9.17, 15) is 0 Å². The Kier molecular flexibility index (Phi) is 4.97. The minimum Gasteiger partial charge on any atom is -0.344 e. The molecule has 1 saturated heterocycles. The summed E-state index contributed by atoms with van der Waals surface area (Å²) in [5.41, 5.74) is 3.59. The highest BCUT2D eigenvalue weighted by molar-refractivity contribution is 5.65. The molecule has 1 aliphatic carbocycles. The van der Waals surface area contributed by atoms with E-state index < -0.39 is 5.79 Å². The lowest BCUT2D eigenvalue weighted by Crippen LogP contribution is -2.45. The topological polar surface area (TPSA) is 27.7 Å². The van der Waals surface area contributed by atoms with E-state index in [1.54, 1.807) is 0 Å². The molecule has 4 rings (SSSR count). The average molecular weight is 336 g/mol. The van der Waals surface area contributed by atoms with Gasteiger partial charge in [0.1, 0.15) is 6.10 Å². The van der Waals surface area contributed by atoms with Gasteiger partial charge in [0.2, 0.25) is 5.79 Å². The Bertz CT molecular complexity index is 690. The highest BCUT2D eigenvalue weighted by Gasteiger charge is 2.39. The third kappa shape index (κ3) is 4.01. The van der Waals surface area contributed by atoms with Crippen LogP contribution in [0.25, 0.3) is 17.2 Å². The molecular formula is C22H24O3. The molecular weight excluding hydrogens is 312 g/mol. The van der Waals surface area contributed by atoms with Gasteiger partial charge in [-0.15, -0.1) is 0 Å². The predicted octanol–water partition coefficient (Wildman–Crippen LogP) is 5.37. The van der Waals surface area contributed by atoms with Crippen molar-refractivity contribution in [1.82, 2.24) is 0 Å². The van der Waals surface area contributed by atoms with Crippen LogP contribution >= 0.6 is 0 Å². The molecule has 1 heterocycles. The maximum Gasteiger partial charge on any atom is 0.201 e. The van der Waals surface area contributed by atoms with E-state index in [0.717, 1.165) is 31.2 Å². The molecule has 2 aliphatic rings. The van der Waals surface area contributed by atoms with E-state index in [1.807, 2.05) is 12.1 Å². The molecule has 3 heteroatoms. The fourth-order valence-electron chi connectivity index (χ4n) is 3.48. The second kappa shape index (κ2) is 7.52. The predicted molar refractivity (Wildman–Crippen MR) is 98.6 cm³/mol. The summed E-state index contributed by atoms with van der Waals surface area (Å²) in [5.74, 6) is -0.486. The zero-order valence-corrected chi connectivity index (χ0v) is 14.4. The molecule has 130 valence electrons. The zero-order chi connectivity index (χ0) is 17.0. The number of hydrogen-bond acceptors (Lipinski definition) is 3. The highest BCUT2D eigenvalue weighted by atomic mass is 17.2. The second-order valence-electron chi connectivity index (χ2n) is 6.85. The van der Waals surface area contributed by atoms with Crippen LogP contribution in [0.1, 0.15) is 37.7 Å². The van der Waals surface area contributed by atoms with Crippen molar-refractivity contribution in [2.45, 2.75) is 44.0 Å². The monoisotopic (exact) mass is 336 g/mol. The standard InChI is InChI=1S/C22H24O3/c1-3-7-19(8-4-1)20-12-9-18(10-13-20)11-14-21-17-23-22(25-24-21)15-5-2-6-16-22/h1,3-4,7-14,21H,2,5-6,15-17H2. The van der Waals surface area contributed by atoms with Crippen LogP contribution < -0.4 is 0 Å². The summed E-state index contributed by atoms with van der Waals surface area (Å²) >= 11 is 0. The molecule has 1 saturated carbocycles. The molecule has 0 amide bonds. The van der Waals surface area contributed by atoms with Crippen molar-refractivity contribution >= 4 is 6.08 Å². The van der Waals surface area contributed by atoms with Crippen molar-refractivity contribution < 1.29 is 14.5 Å². The Hall–Kier alpha value is -1.94. The van der Waals surface area contributed by atoms with Gasteiger partial charge in [-0.05, 0) is 35.6 Å². The van der Waals surface area contributed by atoms with E-state index in [-0.39, 0.29) is 6.10 Å². The first-order valence-corrected chi connectivity index (χ1v) is 9.15. The maximum atomic E-state index is 5.99. The lowest BCUT2D eigenvalue weighted by molar-refractivity contribution is -0.484. The number of ether oxygens (including phenoxy) is 1. The lowest BCUT2D eigenvalue weighted by Gasteiger charge is -2.40. The van der Waals surface area contributed by atoms with E-state index in [4.69, 9.17) is 14.5 Å². The number of hydrogen-bond donors (Lipinski definition) is 0. The van der Waals surface area contributed by atoms with Crippen molar-refractivity contribution in [2.24, 2.45) is 0 Å². The van der Waals surface area contributed by atoms with E-state index in [1.165, 1.54) is 17.5 Å². The molecule has 0 bridgehead atoms. The van der Waals surface area contributed by atoms with E-state index >= 15 is 0 Å². The molecule has 2 aromatic rings. The highest BCUT2D eigenvalue weighted by Crippen LogP contribution is 2.36. The van der Waals surface area contributed by atoms with Gasteiger partial charge in [-0.3, -0.25) is 0 Å². The molecule has 25 heavy (non-hydrogen) atoms. The Morgan fingerprint density at radius 2 is 1.56 bits per heavy atom. The molecule has 0 N–H and O–H groups in total. The van der Waals surface area contributed by atoms with Crippen LogP contribution in [-0.2, 0) is 14.5 Å². The molecule has 1 unspecified atom stereocenters. The van der Waals surface area contributed by atoms with Crippen LogP contribution in [0.4, 0.5) is 0 Å². The number of benzene rings is 2. The molecule has 2 aromatic carbocycles. The summed E-state index contributed by atoms with van der Waals surface area (Å²) in [6.07, 6.45) is 9.35. The Balaban J connectivity index is 1.35. The van der Waals surface area contributed by atoms with Gasteiger partial charge in [0, 0.05) is 12.8 Å². The van der Waals surface area contributed by atoms with Gasteiger partial charge >= 0.3 is 0 Å². The minimum atomic E-state index is -0.486. The normalized spacial score (nSPS) is 23.1. The van der Waals surface area contributed by atoms with Crippen molar-refractivity contribution in [2.75, 3.05) is 6.61 Å². The summed E-state index contributed by atoms with van der Waals surface area (Å²) in [4.78, 5) is 11.2. The van der Waals surface area contributed by atoms with Crippen LogP contribution in [0.2, 0.25) is 0 Å². The average Bonchev–Trinajstić information content (AvgIpc) is 2.69. The summed E-state index contributed by atoms with van der Waals surface area (Å²) in [6, 6.07) is 18.9. The Morgan fingerprint density at radius 1 is 0.840 bits per heavy atom. The fraction of sp³-hybridized carbons (Fsp3) is 0.364. The summed E-state index contributed by atoms with van der Waals surface area (Å²) in [5, 5.41) is 0. The van der Waals surface area contributed by atoms with Crippen LogP contribution in [0.3, 0.4) is 0 Å². The SMILES string of the molecule is C(=CC1COC2(CCCCC2)OO1)c1ccc(-c2ccccc2)cc1. The summed E-state index contributed by atoms with van der Waals surface area (Å²) in [6.45, 7) is 0.554. The first kappa shape index (κ1) is 16.5. The largest absolute Gasteiger partial charge is 0.344 e. The molecule has 1 atom stereocenters. The van der Waals surface area contributed by atoms with E-state index in [2.05, 4.69) is 54.6 Å². The van der Waals surface area contributed by atoms with Crippen molar-refractivity contribution in [3.8, 4) is 11.1 Å². The van der Waals surface area contributed by atoms with Gasteiger partial charge in [-0.1, -0.05) is 67.1 Å². The van der Waals surface area contributed by atoms with Gasteiger partial charge in [0.25, 0.3) is 0 Å². The molecule has 1 spiro atoms. The maximum absolute atomic E-state index is 5.99. The van der Waals surface area contributed by atoms with Gasteiger partial charge < -0.3 is 4.74 Å². The molecule has 0 aromatic heterocycles. The van der Waals surface area contributed by atoms with E-state index in [0.29, 0.717) is 6.61 Å². The van der Waals surface area contributed by atoms with Crippen LogP contribution in [0.5, 0.6) is 0 Å². The van der Waals surface area contributed by atoms with Gasteiger partial charge in [0.05, 0.1) is 6.61 Å². The van der Waals surface area contributed by atoms with Crippen LogP contribution in [0.15, 0.2) is 60.7 Å². The zero-order valence-electron chi connectivity index (χ0n) is 14.4. The van der Waals surface area contributed by atoms with Gasteiger partial charge in [0.15, 0.2) is 0 Å². The van der Waals surface area contributed by atoms with Crippen molar-refractivity contribution in [1.29, 1.82) is 0 Å². The first-order valence-electron chi connectivity index (χ1n) is 9.15. The van der Waals surface area contributed by atoms with Crippen molar-refractivity contribution in [3.63, 3.8) is 0 Å².